The molecule has 3 aliphatic heterocycles. The molecule has 8 heteroatoms. The molecule has 140 valence electrons. The van der Waals surface area contributed by atoms with Crippen LogP contribution in [0.25, 0.3) is 0 Å². The highest BCUT2D eigenvalue weighted by molar-refractivity contribution is 7.90. The molecule has 0 radical (unpaired) electrons. The predicted octanol–water partition coefficient (Wildman–Crippen LogP) is 0.857. The molecule has 7 nitrogen and oxygen atoms in total. The molecule has 3 atom stereocenters. The Morgan fingerprint density at radius 3 is 2.88 bits per heavy atom. The van der Waals surface area contributed by atoms with Gasteiger partial charge in [0.2, 0.25) is 5.91 Å². The van der Waals surface area contributed by atoms with Crippen molar-refractivity contribution in [3.63, 3.8) is 0 Å². The number of fused-ring (bicyclic) bond motifs is 1. The minimum absolute atomic E-state index is 0.0347. The number of rotatable bonds is 2. The number of carbonyl (C=O) groups is 1. The maximum Gasteiger partial charge on any atom is 0.285 e. The van der Waals surface area contributed by atoms with Crippen LogP contribution in [0, 0.1) is 0 Å². The first kappa shape index (κ1) is 17.5. The Balaban J connectivity index is 1.57. The van der Waals surface area contributed by atoms with E-state index in [2.05, 4.69) is 22.0 Å². The van der Waals surface area contributed by atoms with E-state index in [4.69, 9.17) is 0 Å². The molecule has 3 aliphatic rings. The van der Waals surface area contributed by atoms with Gasteiger partial charge in [0.15, 0.2) is 5.84 Å². The van der Waals surface area contributed by atoms with Crippen molar-refractivity contribution in [3.8, 4) is 0 Å². The number of benzene rings is 1. The predicted molar refractivity (Wildman–Crippen MR) is 98.5 cm³/mol. The summed E-state index contributed by atoms with van der Waals surface area (Å²) in [6.07, 6.45) is 3.56. The van der Waals surface area contributed by atoms with Crippen molar-refractivity contribution in [2.75, 3.05) is 13.1 Å². The van der Waals surface area contributed by atoms with Gasteiger partial charge in [0.1, 0.15) is 10.9 Å². The SMILES string of the molecule is CC1NCCCC1NC(=O)C1CCCN1C1=NS(=O)(=O)c2ccccc21. The first-order chi connectivity index (χ1) is 12.5. The summed E-state index contributed by atoms with van der Waals surface area (Å²) in [6.45, 7) is 3.70. The lowest BCUT2D eigenvalue weighted by atomic mass is 9.99. The normalized spacial score (nSPS) is 30.0. The van der Waals surface area contributed by atoms with Gasteiger partial charge in [-0.1, -0.05) is 12.1 Å². The average Bonchev–Trinajstić information content (AvgIpc) is 3.20. The molecule has 3 unspecified atom stereocenters. The Labute approximate surface area is 153 Å². The number of amides is 1. The topological polar surface area (TPSA) is 90.9 Å². The van der Waals surface area contributed by atoms with Crippen molar-refractivity contribution < 1.29 is 13.2 Å². The second kappa shape index (κ2) is 6.66. The first-order valence-corrected chi connectivity index (χ1v) is 10.7. The second-order valence-corrected chi connectivity index (χ2v) is 8.81. The highest BCUT2D eigenvalue weighted by atomic mass is 32.2. The molecule has 3 heterocycles. The number of hydrogen-bond donors (Lipinski definition) is 2. The molecule has 2 N–H and O–H groups in total. The standard InChI is InChI=1S/C18H24N4O3S/c1-12-14(7-4-10-19-12)20-18(23)15-8-5-11-22(15)17-13-6-2-3-9-16(13)26(24,25)21-17/h2-3,6,9,12,14-15,19H,4-5,7-8,10-11H2,1H3,(H,20,23). The Morgan fingerprint density at radius 2 is 2.08 bits per heavy atom. The van der Waals surface area contributed by atoms with Crippen LogP contribution in [-0.2, 0) is 14.8 Å². The smallest absolute Gasteiger partial charge is 0.285 e. The first-order valence-electron chi connectivity index (χ1n) is 9.22. The van der Waals surface area contributed by atoms with Crippen molar-refractivity contribution in [3.05, 3.63) is 29.8 Å². The number of sulfonamides is 1. The summed E-state index contributed by atoms with van der Waals surface area (Å²) in [6, 6.07) is 6.81. The fourth-order valence-electron chi connectivity index (χ4n) is 4.11. The molecule has 0 saturated carbocycles. The maximum atomic E-state index is 12.9. The minimum Gasteiger partial charge on any atom is -0.350 e. The number of likely N-dealkylation sites (tertiary alicyclic amines) is 1. The molecule has 0 bridgehead atoms. The highest BCUT2D eigenvalue weighted by Gasteiger charge is 2.39. The molecule has 26 heavy (non-hydrogen) atoms. The monoisotopic (exact) mass is 376 g/mol. The van der Waals surface area contributed by atoms with Crippen molar-refractivity contribution in [2.24, 2.45) is 4.40 Å². The van der Waals surface area contributed by atoms with Crippen LogP contribution in [0.2, 0.25) is 0 Å². The summed E-state index contributed by atoms with van der Waals surface area (Å²) in [5, 5.41) is 6.55. The zero-order valence-electron chi connectivity index (χ0n) is 14.8. The number of carbonyl (C=O) groups excluding carboxylic acids is 1. The van der Waals surface area contributed by atoms with E-state index in [0.29, 0.717) is 24.4 Å². The van der Waals surface area contributed by atoms with Gasteiger partial charge in [-0.25, -0.2) is 0 Å². The quantitative estimate of drug-likeness (QED) is 0.799. The minimum atomic E-state index is -3.67. The second-order valence-electron chi connectivity index (χ2n) is 7.24. The number of nitrogens with one attached hydrogen (secondary N) is 2. The Hall–Kier alpha value is -1.93. The molecule has 1 aromatic carbocycles. The molecule has 0 spiro atoms. The van der Waals surface area contributed by atoms with Gasteiger partial charge in [-0.3, -0.25) is 4.79 Å². The molecule has 2 fully saturated rings. The van der Waals surface area contributed by atoms with Crippen molar-refractivity contribution in [1.29, 1.82) is 0 Å². The van der Waals surface area contributed by atoms with Gasteiger partial charge in [0, 0.05) is 24.2 Å². The zero-order valence-corrected chi connectivity index (χ0v) is 15.6. The number of nitrogens with zero attached hydrogens (tertiary/aromatic N) is 2. The number of amidine groups is 1. The fourth-order valence-corrected chi connectivity index (χ4v) is 5.33. The summed E-state index contributed by atoms with van der Waals surface area (Å²) in [4.78, 5) is 15.0. The molecule has 0 aromatic heterocycles. The zero-order chi connectivity index (χ0) is 18.3. The van der Waals surface area contributed by atoms with Crippen LogP contribution in [0.3, 0.4) is 0 Å². The van der Waals surface area contributed by atoms with Crippen LogP contribution >= 0.6 is 0 Å². The fraction of sp³-hybridized carbons (Fsp3) is 0.556. The van der Waals surface area contributed by atoms with Gasteiger partial charge in [-0.2, -0.15) is 8.42 Å². The van der Waals surface area contributed by atoms with Crippen LogP contribution in [0.5, 0.6) is 0 Å². The Bertz CT molecular complexity index is 852. The van der Waals surface area contributed by atoms with Gasteiger partial charge >= 0.3 is 0 Å². The van der Waals surface area contributed by atoms with Gasteiger partial charge in [-0.05, 0) is 51.3 Å². The molecule has 1 amide bonds. The van der Waals surface area contributed by atoms with Gasteiger partial charge in [0.25, 0.3) is 10.0 Å². The Kier molecular flexibility index (Phi) is 4.48. The van der Waals surface area contributed by atoms with Gasteiger partial charge in [-0.15, -0.1) is 4.40 Å². The third kappa shape index (κ3) is 3.01. The van der Waals surface area contributed by atoms with E-state index in [-0.39, 0.29) is 28.9 Å². The summed E-state index contributed by atoms with van der Waals surface area (Å²) in [7, 11) is -3.67. The summed E-state index contributed by atoms with van der Waals surface area (Å²) in [5.41, 5.74) is 0.597. The lowest BCUT2D eigenvalue weighted by Crippen LogP contribution is -2.56. The van der Waals surface area contributed by atoms with Crippen LogP contribution < -0.4 is 10.6 Å². The largest absolute Gasteiger partial charge is 0.350 e. The van der Waals surface area contributed by atoms with Crippen LogP contribution in [0.4, 0.5) is 0 Å². The van der Waals surface area contributed by atoms with Crippen molar-refractivity contribution in [2.45, 2.75) is 55.6 Å². The van der Waals surface area contributed by atoms with Crippen LogP contribution in [0.15, 0.2) is 33.6 Å². The average molecular weight is 376 g/mol. The highest BCUT2D eigenvalue weighted by Crippen LogP contribution is 2.31. The third-order valence-electron chi connectivity index (χ3n) is 5.53. The van der Waals surface area contributed by atoms with E-state index in [1.54, 1.807) is 24.3 Å². The molecule has 1 aromatic rings. The van der Waals surface area contributed by atoms with E-state index in [0.717, 1.165) is 25.8 Å². The van der Waals surface area contributed by atoms with Crippen molar-refractivity contribution in [1.82, 2.24) is 15.5 Å². The maximum absolute atomic E-state index is 12.9. The summed E-state index contributed by atoms with van der Waals surface area (Å²) in [5.74, 6) is 0.376. The molecule has 0 aliphatic carbocycles. The van der Waals surface area contributed by atoms with E-state index in [1.165, 1.54) is 0 Å². The lowest BCUT2D eigenvalue weighted by Gasteiger charge is -2.33. The van der Waals surface area contributed by atoms with E-state index >= 15 is 0 Å². The van der Waals surface area contributed by atoms with Crippen molar-refractivity contribution >= 4 is 21.8 Å². The number of piperidine rings is 1. The van der Waals surface area contributed by atoms with Gasteiger partial charge in [0.05, 0.1) is 0 Å². The van der Waals surface area contributed by atoms with Gasteiger partial charge < -0.3 is 15.5 Å². The van der Waals surface area contributed by atoms with Crippen LogP contribution in [0.1, 0.15) is 38.2 Å². The molecular weight excluding hydrogens is 352 g/mol. The molecule has 2 saturated heterocycles. The summed E-state index contributed by atoms with van der Waals surface area (Å²) >= 11 is 0. The molecule has 4 rings (SSSR count). The molecular formula is C18H24N4O3S. The van der Waals surface area contributed by atoms with E-state index < -0.39 is 10.0 Å². The summed E-state index contributed by atoms with van der Waals surface area (Å²) < 4.78 is 28.7. The Morgan fingerprint density at radius 1 is 1.27 bits per heavy atom. The van der Waals surface area contributed by atoms with E-state index in [1.807, 2.05) is 4.90 Å². The van der Waals surface area contributed by atoms with Crippen LogP contribution in [-0.4, -0.2) is 56.3 Å². The lowest BCUT2D eigenvalue weighted by molar-refractivity contribution is -0.125. The van der Waals surface area contributed by atoms with E-state index in [9.17, 15) is 13.2 Å². The number of hydrogen-bond acceptors (Lipinski definition) is 5. The third-order valence-corrected chi connectivity index (χ3v) is 6.85.